The number of benzene rings is 3. The number of nitrogens with one attached hydrogen (secondary N) is 2. The molecule has 1 aliphatic heterocycles. The molecule has 1 aliphatic rings. The molecule has 39 heavy (non-hydrogen) atoms. The number of pyridine rings is 1. The Morgan fingerprint density at radius 2 is 1.77 bits per heavy atom. The minimum absolute atomic E-state index is 0.125. The molecule has 4 aromatic rings. The van der Waals surface area contributed by atoms with Gasteiger partial charge in [0.1, 0.15) is 5.82 Å². The number of hydrogen-bond donors (Lipinski definition) is 4. The zero-order valence-corrected chi connectivity index (χ0v) is 22.0. The van der Waals surface area contributed by atoms with E-state index < -0.39 is 6.29 Å². The van der Waals surface area contributed by atoms with E-state index in [9.17, 15) is 13.2 Å². The molecule has 202 valence electrons. The van der Waals surface area contributed by atoms with Crippen molar-refractivity contribution in [1.29, 1.82) is 0 Å². The van der Waals surface area contributed by atoms with Crippen LogP contribution in [-0.4, -0.2) is 17.1 Å². The number of alkyl halides is 2. The lowest BCUT2D eigenvalue weighted by atomic mass is 9.87. The third-order valence-corrected chi connectivity index (χ3v) is 6.96. The van der Waals surface area contributed by atoms with Gasteiger partial charge in [0, 0.05) is 33.7 Å². The van der Waals surface area contributed by atoms with Crippen LogP contribution in [0.1, 0.15) is 31.9 Å². The predicted molar refractivity (Wildman–Crippen MR) is 146 cm³/mol. The Balaban J connectivity index is 1.60. The summed E-state index contributed by atoms with van der Waals surface area (Å²) < 4.78 is 55.3. The molecule has 12 heteroatoms. The summed E-state index contributed by atoms with van der Waals surface area (Å²) in [6.45, 7) is 5.80. The Kier molecular flexibility index (Phi) is 6.69. The van der Waals surface area contributed by atoms with Crippen molar-refractivity contribution in [2.75, 3.05) is 4.72 Å². The van der Waals surface area contributed by atoms with Crippen LogP contribution in [0.3, 0.4) is 0 Å². The third-order valence-electron chi connectivity index (χ3n) is 6.15. The number of hydrogen-bond acceptors (Lipinski definition) is 8. The second-order valence-electron chi connectivity index (χ2n) is 9.79. The average Bonchev–Trinajstić information content (AvgIpc) is 3.19. The highest BCUT2D eigenvalue weighted by Gasteiger charge is 2.44. The minimum Gasteiger partial charge on any atom is -0.395 e. The monoisotopic (exact) mass is 554 g/mol. The number of aromatic nitrogens is 1. The molecule has 0 amide bonds. The number of halogens is 3. The Hall–Kier alpha value is -4.16. The molecule has 0 saturated carbocycles. The van der Waals surface area contributed by atoms with E-state index in [4.69, 9.17) is 16.4 Å². The van der Waals surface area contributed by atoms with Gasteiger partial charge in [-0.25, -0.2) is 10.2 Å². The first-order chi connectivity index (χ1) is 18.5. The Morgan fingerprint density at radius 1 is 1.03 bits per heavy atom. The molecule has 0 radical (unpaired) electrons. The van der Waals surface area contributed by atoms with Crippen molar-refractivity contribution in [1.82, 2.24) is 10.4 Å². The highest BCUT2D eigenvalue weighted by atomic mass is 32.2. The number of rotatable bonds is 5. The predicted octanol–water partition coefficient (Wildman–Crippen LogP) is 5.86. The summed E-state index contributed by atoms with van der Waals surface area (Å²) in [6, 6.07) is 14.9. The fraction of sp³-hybridized carbons (Fsp3) is 0.185. The van der Waals surface area contributed by atoms with Crippen LogP contribution in [0.2, 0.25) is 0 Å². The largest absolute Gasteiger partial charge is 0.586 e. The number of ether oxygens (including phenoxy) is 2. The van der Waals surface area contributed by atoms with Crippen molar-refractivity contribution < 1.29 is 22.6 Å². The normalized spacial score (nSPS) is 14.5. The summed E-state index contributed by atoms with van der Waals surface area (Å²) in [5.74, 6) is 10.7. The highest BCUT2D eigenvalue weighted by Crippen LogP contribution is 2.48. The molecule has 3 aromatic carbocycles. The second kappa shape index (κ2) is 9.86. The molecular formula is C27H25F3N6O2S. The lowest BCUT2D eigenvalue weighted by molar-refractivity contribution is -0.286. The van der Waals surface area contributed by atoms with Gasteiger partial charge >= 0.3 is 6.29 Å². The number of hydrazone groups is 1. The maximum absolute atomic E-state index is 14.8. The van der Waals surface area contributed by atoms with Crippen LogP contribution in [-0.2, 0) is 5.41 Å². The van der Waals surface area contributed by atoms with Gasteiger partial charge in [0.25, 0.3) is 0 Å². The quantitative estimate of drug-likeness (QED) is 0.0796. The standard InChI is InChI=1S/C27H25F3N6O2S/c1-26(2,3)19-9-6-14(11-20(19)28)39-36-21-13-23-22(37-27(29,30)38-23)12-18(21)15-7-8-17(25(34-31)35-32)24-16(15)5-4-10-33-24/h4-13,36H,31-32H2,1-3H3,(H,34,35). The van der Waals surface area contributed by atoms with Crippen LogP contribution in [0.25, 0.3) is 22.0 Å². The van der Waals surface area contributed by atoms with E-state index in [1.165, 1.54) is 18.2 Å². The molecule has 0 fully saturated rings. The summed E-state index contributed by atoms with van der Waals surface area (Å²) in [6.07, 6.45) is -2.20. The lowest BCUT2D eigenvalue weighted by Gasteiger charge is -2.20. The van der Waals surface area contributed by atoms with Gasteiger partial charge in [-0.05, 0) is 58.8 Å². The Labute approximate surface area is 226 Å². The molecule has 0 spiro atoms. The van der Waals surface area contributed by atoms with Gasteiger partial charge in [0.05, 0.1) is 11.2 Å². The molecule has 1 aromatic heterocycles. The van der Waals surface area contributed by atoms with Crippen molar-refractivity contribution in [3.63, 3.8) is 0 Å². The molecule has 0 unspecified atom stereocenters. The van der Waals surface area contributed by atoms with Gasteiger partial charge in [-0.15, -0.1) is 8.78 Å². The Morgan fingerprint density at radius 3 is 2.44 bits per heavy atom. The van der Waals surface area contributed by atoms with Gasteiger partial charge < -0.3 is 25.5 Å². The molecule has 0 atom stereocenters. The fourth-order valence-electron chi connectivity index (χ4n) is 4.37. The number of fused-ring (bicyclic) bond motifs is 2. The topological polar surface area (TPSA) is 120 Å². The van der Waals surface area contributed by atoms with Gasteiger partial charge in [-0.1, -0.05) is 39.0 Å². The number of amidine groups is 1. The van der Waals surface area contributed by atoms with E-state index in [1.807, 2.05) is 26.8 Å². The fourth-order valence-corrected chi connectivity index (χ4v) is 5.06. The minimum atomic E-state index is -3.80. The Bertz CT molecular complexity index is 1610. The van der Waals surface area contributed by atoms with Crippen molar-refractivity contribution in [3.8, 4) is 22.6 Å². The van der Waals surface area contributed by atoms with E-state index in [0.29, 0.717) is 43.7 Å². The zero-order valence-electron chi connectivity index (χ0n) is 21.2. The first kappa shape index (κ1) is 26.4. The van der Waals surface area contributed by atoms with Gasteiger partial charge in [-0.2, -0.15) is 5.10 Å². The summed E-state index contributed by atoms with van der Waals surface area (Å²) in [4.78, 5) is 5.06. The number of anilines is 1. The third kappa shape index (κ3) is 5.12. The molecular weight excluding hydrogens is 529 g/mol. The summed E-state index contributed by atoms with van der Waals surface area (Å²) >= 11 is 1.13. The molecule has 0 aliphatic carbocycles. The number of hydrazine groups is 1. The molecule has 2 heterocycles. The summed E-state index contributed by atoms with van der Waals surface area (Å²) in [7, 11) is 0. The molecule has 8 nitrogen and oxygen atoms in total. The van der Waals surface area contributed by atoms with Crippen LogP contribution in [0, 0.1) is 5.82 Å². The average molecular weight is 555 g/mol. The van der Waals surface area contributed by atoms with E-state index in [0.717, 1.165) is 11.9 Å². The van der Waals surface area contributed by atoms with Gasteiger partial charge in [0.2, 0.25) is 0 Å². The first-order valence-corrected chi connectivity index (χ1v) is 12.6. The number of nitrogens with two attached hydrogens (primary N) is 2. The smallest absolute Gasteiger partial charge is 0.395 e. The SMILES string of the molecule is CC(C)(C)c1ccc(SNc2cc3c(cc2-c2ccc(/C(=N/N)NN)c4ncccc24)OC(F)(F)O3)cc1F. The van der Waals surface area contributed by atoms with Crippen LogP contribution < -0.4 is 31.3 Å². The van der Waals surface area contributed by atoms with Crippen molar-refractivity contribution in [2.24, 2.45) is 16.8 Å². The number of nitrogens with zero attached hydrogens (tertiary/aromatic N) is 2. The van der Waals surface area contributed by atoms with E-state index in [1.54, 1.807) is 36.5 Å². The maximum Gasteiger partial charge on any atom is 0.586 e. The van der Waals surface area contributed by atoms with E-state index in [-0.39, 0.29) is 28.6 Å². The molecule has 0 bridgehead atoms. The molecule has 0 saturated heterocycles. The van der Waals surface area contributed by atoms with Crippen LogP contribution in [0.4, 0.5) is 18.9 Å². The van der Waals surface area contributed by atoms with Gasteiger partial charge in [0.15, 0.2) is 17.3 Å². The zero-order chi connectivity index (χ0) is 27.9. The molecule has 5 rings (SSSR count). The van der Waals surface area contributed by atoms with Crippen molar-refractivity contribution >= 4 is 34.4 Å². The first-order valence-electron chi connectivity index (χ1n) is 11.8. The van der Waals surface area contributed by atoms with Crippen molar-refractivity contribution in [3.05, 3.63) is 77.7 Å². The summed E-state index contributed by atoms with van der Waals surface area (Å²) in [5.41, 5.74) is 5.35. The molecule has 6 N–H and O–H groups in total. The maximum atomic E-state index is 14.8. The van der Waals surface area contributed by atoms with E-state index >= 15 is 0 Å². The van der Waals surface area contributed by atoms with Gasteiger partial charge in [-0.3, -0.25) is 4.98 Å². The van der Waals surface area contributed by atoms with E-state index in [2.05, 4.69) is 25.0 Å². The summed E-state index contributed by atoms with van der Waals surface area (Å²) in [5, 5.41) is 4.35. The lowest BCUT2D eigenvalue weighted by Crippen LogP contribution is -2.32. The second-order valence-corrected chi connectivity index (χ2v) is 10.7. The van der Waals surface area contributed by atoms with Crippen molar-refractivity contribution in [2.45, 2.75) is 37.4 Å². The van der Waals surface area contributed by atoms with Crippen LogP contribution in [0.5, 0.6) is 11.5 Å². The highest BCUT2D eigenvalue weighted by molar-refractivity contribution is 8.00. The van der Waals surface area contributed by atoms with Crippen LogP contribution >= 0.6 is 11.9 Å². The van der Waals surface area contributed by atoms with Crippen LogP contribution in [0.15, 0.2) is 70.8 Å².